The van der Waals surface area contributed by atoms with Crippen LogP contribution in [0.3, 0.4) is 0 Å². The fourth-order valence-corrected chi connectivity index (χ4v) is 3.14. The summed E-state index contributed by atoms with van der Waals surface area (Å²) < 4.78 is 0. The smallest absolute Gasteiger partial charge is 0.256 e. The first-order valence-electron chi connectivity index (χ1n) is 6.44. The van der Waals surface area contributed by atoms with Gasteiger partial charge in [-0.2, -0.15) is 0 Å². The number of hydrogen-bond donors (Lipinski definition) is 2. The van der Waals surface area contributed by atoms with Crippen molar-refractivity contribution in [2.24, 2.45) is 0 Å². The number of carbonyl (C=O) groups is 1. The number of nitrogens with one attached hydrogen (secondary N) is 2. The second-order valence-electron chi connectivity index (χ2n) is 5.11. The predicted molar refractivity (Wildman–Crippen MR) is 66.0 cm³/mol. The van der Waals surface area contributed by atoms with Gasteiger partial charge >= 0.3 is 0 Å². The molecule has 3 rings (SSSR count). The molecule has 4 heteroatoms. The van der Waals surface area contributed by atoms with Crippen LogP contribution in [-0.2, 0) is 0 Å². The molecule has 2 aliphatic heterocycles. The fourth-order valence-electron chi connectivity index (χ4n) is 3.14. The van der Waals surface area contributed by atoms with E-state index in [1.807, 2.05) is 19.2 Å². The van der Waals surface area contributed by atoms with Crippen molar-refractivity contribution >= 4 is 5.91 Å². The summed E-state index contributed by atoms with van der Waals surface area (Å²) in [6.45, 7) is 3.95. The molecule has 2 unspecified atom stereocenters. The monoisotopic (exact) mass is 233 g/mol. The molecule has 1 amide bonds. The average Bonchev–Trinajstić information content (AvgIpc) is 2.81. The van der Waals surface area contributed by atoms with Crippen LogP contribution < -0.4 is 5.32 Å². The number of carbonyl (C=O) groups excluding carboxylic acids is 1. The zero-order valence-electron chi connectivity index (χ0n) is 10.2. The summed E-state index contributed by atoms with van der Waals surface area (Å²) in [6, 6.07) is 2.73. The molecule has 1 aromatic rings. The van der Waals surface area contributed by atoms with Gasteiger partial charge in [0, 0.05) is 30.5 Å². The third-order valence-corrected chi connectivity index (χ3v) is 4.07. The number of nitrogens with zero attached hydrogens (tertiary/aromatic N) is 1. The lowest BCUT2D eigenvalue weighted by molar-refractivity contribution is 0.0680. The highest BCUT2D eigenvalue weighted by atomic mass is 16.2. The van der Waals surface area contributed by atoms with Crippen molar-refractivity contribution in [3.63, 3.8) is 0 Å². The van der Waals surface area contributed by atoms with Gasteiger partial charge in [-0.15, -0.1) is 0 Å². The van der Waals surface area contributed by atoms with Crippen molar-refractivity contribution < 1.29 is 4.79 Å². The molecule has 92 valence electrons. The van der Waals surface area contributed by atoms with Crippen LogP contribution in [0, 0.1) is 6.92 Å². The molecule has 17 heavy (non-hydrogen) atoms. The fraction of sp³-hybridized carbons (Fsp3) is 0.615. The molecule has 2 atom stereocenters. The maximum atomic E-state index is 12.6. The van der Waals surface area contributed by atoms with Crippen molar-refractivity contribution in [3.8, 4) is 0 Å². The topological polar surface area (TPSA) is 48.1 Å². The second kappa shape index (κ2) is 4.18. The van der Waals surface area contributed by atoms with E-state index in [2.05, 4.69) is 15.2 Å². The van der Waals surface area contributed by atoms with E-state index in [1.54, 1.807) is 0 Å². The molecule has 2 N–H and O–H groups in total. The molecule has 1 aromatic heterocycles. The lowest BCUT2D eigenvalue weighted by Gasteiger charge is -2.27. The van der Waals surface area contributed by atoms with Crippen LogP contribution in [0.5, 0.6) is 0 Å². The highest BCUT2D eigenvalue weighted by molar-refractivity contribution is 5.96. The van der Waals surface area contributed by atoms with E-state index < -0.39 is 0 Å². The summed E-state index contributed by atoms with van der Waals surface area (Å²) in [5.41, 5.74) is 1.82. The Kier molecular flexibility index (Phi) is 2.67. The maximum Gasteiger partial charge on any atom is 0.256 e. The molecule has 2 bridgehead atoms. The highest BCUT2D eigenvalue weighted by Crippen LogP contribution is 2.29. The van der Waals surface area contributed by atoms with Gasteiger partial charge in [0.2, 0.25) is 0 Å². The van der Waals surface area contributed by atoms with Gasteiger partial charge in [0.1, 0.15) is 0 Å². The van der Waals surface area contributed by atoms with Gasteiger partial charge < -0.3 is 15.2 Å². The summed E-state index contributed by atoms with van der Waals surface area (Å²) in [7, 11) is 0. The minimum atomic E-state index is 0.208. The number of aromatic amines is 1. The van der Waals surface area contributed by atoms with Crippen LogP contribution in [0.1, 0.15) is 35.3 Å². The molecule has 3 heterocycles. The van der Waals surface area contributed by atoms with Crippen molar-refractivity contribution in [2.75, 3.05) is 13.1 Å². The highest BCUT2D eigenvalue weighted by Gasteiger charge is 2.38. The third kappa shape index (κ3) is 1.76. The minimum absolute atomic E-state index is 0.208. The van der Waals surface area contributed by atoms with Gasteiger partial charge in [-0.05, 0) is 38.8 Å². The summed E-state index contributed by atoms with van der Waals surface area (Å²) in [5, 5.41) is 3.42. The molecule has 2 fully saturated rings. The van der Waals surface area contributed by atoms with E-state index in [4.69, 9.17) is 0 Å². The van der Waals surface area contributed by atoms with Crippen molar-refractivity contribution in [1.29, 1.82) is 0 Å². The molecule has 2 saturated heterocycles. The maximum absolute atomic E-state index is 12.6. The number of amides is 1. The van der Waals surface area contributed by atoms with Crippen molar-refractivity contribution in [1.82, 2.24) is 15.2 Å². The first-order chi connectivity index (χ1) is 8.27. The van der Waals surface area contributed by atoms with Gasteiger partial charge in [0.05, 0.1) is 5.56 Å². The number of aromatic nitrogens is 1. The Morgan fingerprint density at radius 1 is 1.35 bits per heavy atom. The third-order valence-electron chi connectivity index (χ3n) is 4.07. The molecular weight excluding hydrogens is 214 g/mol. The molecular formula is C13H19N3O. The van der Waals surface area contributed by atoms with E-state index >= 15 is 0 Å². The Morgan fingerprint density at radius 2 is 2.18 bits per heavy atom. The second-order valence-corrected chi connectivity index (χ2v) is 5.11. The number of aryl methyl sites for hydroxylation is 1. The molecule has 0 saturated carbocycles. The van der Waals surface area contributed by atoms with Gasteiger partial charge in [-0.3, -0.25) is 4.79 Å². The van der Waals surface area contributed by atoms with Gasteiger partial charge in [-0.25, -0.2) is 0 Å². The van der Waals surface area contributed by atoms with Crippen LogP contribution in [0.15, 0.2) is 12.3 Å². The van der Waals surface area contributed by atoms with E-state index in [-0.39, 0.29) is 5.91 Å². The predicted octanol–water partition coefficient (Wildman–Crippen LogP) is 1.29. The lowest BCUT2D eigenvalue weighted by atomic mass is 10.1. The van der Waals surface area contributed by atoms with Gasteiger partial charge in [0.15, 0.2) is 0 Å². The van der Waals surface area contributed by atoms with Crippen molar-refractivity contribution in [2.45, 2.75) is 38.3 Å². The Morgan fingerprint density at radius 3 is 2.94 bits per heavy atom. The van der Waals surface area contributed by atoms with Crippen LogP contribution in [-0.4, -0.2) is 41.0 Å². The largest absolute Gasteiger partial charge is 0.365 e. The zero-order valence-corrected chi connectivity index (χ0v) is 10.2. The van der Waals surface area contributed by atoms with Crippen molar-refractivity contribution in [3.05, 3.63) is 23.5 Å². The minimum Gasteiger partial charge on any atom is -0.365 e. The SMILES string of the molecule is Cc1[nH]ccc1C(=O)N1C2CCNCC1CC2. The molecule has 0 aromatic carbocycles. The van der Waals surface area contributed by atoms with Crippen LogP contribution in [0.25, 0.3) is 0 Å². The molecule has 0 radical (unpaired) electrons. The summed E-state index contributed by atoms with van der Waals surface area (Å²) >= 11 is 0. The number of hydrogen-bond acceptors (Lipinski definition) is 2. The lowest BCUT2D eigenvalue weighted by Crippen LogP contribution is -2.42. The number of rotatable bonds is 1. The first-order valence-corrected chi connectivity index (χ1v) is 6.44. The number of H-pyrrole nitrogens is 1. The summed E-state index contributed by atoms with van der Waals surface area (Å²) in [4.78, 5) is 17.8. The Balaban J connectivity index is 1.88. The quantitative estimate of drug-likeness (QED) is 0.768. The van der Waals surface area contributed by atoms with Gasteiger partial charge in [0.25, 0.3) is 5.91 Å². The van der Waals surface area contributed by atoms with E-state index in [0.717, 1.165) is 37.2 Å². The van der Waals surface area contributed by atoms with Crippen LogP contribution in [0.2, 0.25) is 0 Å². The Labute approximate surface area is 101 Å². The molecule has 2 aliphatic rings. The Bertz CT molecular complexity index is 412. The summed E-state index contributed by atoms with van der Waals surface area (Å²) in [5.74, 6) is 0.208. The Hall–Kier alpha value is -1.29. The molecule has 0 spiro atoms. The molecule has 0 aliphatic carbocycles. The van der Waals surface area contributed by atoms with E-state index in [0.29, 0.717) is 12.1 Å². The molecule has 4 nitrogen and oxygen atoms in total. The standard InChI is InChI=1S/C13H19N3O/c1-9-12(5-7-15-9)13(17)16-10-2-3-11(16)8-14-6-4-10/h5,7,10-11,14-15H,2-4,6,8H2,1H3. The zero-order chi connectivity index (χ0) is 11.8. The number of fused-ring (bicyclic) bond motifs is 2. The summed E-state index contributed by atoms with van der Waals surface area (Å²) in [6.07, 6.45) is 5.25. The first kappa shape index (κ1) is 10.8. The van der Waals surface area contributed by atoms with Crippen LogP contribution in [0.4, 0.5) is 0 Å². The van der Waals surface area contributed by atoms with Crippen LogP contribution >= 0.6 is 0 Å². The van der Waals surface area contributed by atoms with E-state index in [9.17, 15) is 4.79 Å². The van der Waals surface area contributed by atoms with Gasteiger partial charge in [-0.1, -0.05) is 0 Å². The van der Waals surface area contributed by atoms with E-state index in [1.165, 1.54) is 6.42 Å². The average molecular weight is 233 g/mol. The normalized spacial score (nSPS) is 28.2.